The molecule has 0 amide bonds. The average Bonchev–Trinajstić information content (AvgIpc) is 2.15. The smallest absolute Gasteiger partial charge is 0.305 e. The van der Waals surface area contributed by atoms with Crippen LogP contribution in [0.25, 0.3) is 0 Å². The molecule has 0 saturated heterocycles. The average molecular weight is 243 g/mol. The van der Waals surface area contributed by atoms with Crippen LogP contribution in [0.5, 0.6) is 0 Å². The van der Waals surface area contributed by atoms with Gasteiger partial charge in [-0.2, -0.15) is 0 Å². The lowest BCUT2D eigenvalue weighted by molar-refractivity contribution is -0.138. The molecule has 1 aromatic rings. The van der Waals surface area contributed by atoms with Crippen molar-refractivity contribution in [2.75, 3.05) is 6.54 Å². The van der Waals surface area contributed by atoms with Crippen molar-refractivity contribution in [1.29, 1.82) is 0 Å². The lowest BCUT2D eigenvalue weighted by Crippen LogP contribution is -2.42. The van der Waals surface area contributed by atoms with Crippen molar-refractivity contribution in [3.05, 3.63) is 35.4 Å². The minimum atomic E-state index is -1.04. The molecule has 0 aliphatic heterocycles. The van der Waals surface area contributed by atoms with Crippen LogP contribution in [0.4, 0.5) is 8.78 Å². The Morgan fingerprint density at radius 1 is 1.47 bits per heavy atom. The molecule has 3 nitrogen and oxygen atoms in total. The first-order valence-electron chi connectivity index (χ1n) is 5.31. The molecule has 94 valence electrons. The second-order valence-corrected chi connectivity index (χ2v) is 4.06. The van der Waals surface area contributed by atoms with E-state index < -0.39 is 23.1 Å². The minimum Gasteiger partial charge on any atom is -0.481 e. The Kier molecular flexibility index (Phi) is 4.17. The number of aliphatic carboxylic acids is 1. The Hall–Kier alpha value is -1.49. The molecule has 0 bridgehead atoms. The number of carboxylic acid groups (broad SMARTS) is 1. The third-order valence-electron chi connectivity index (χ3n) is 2.60. The summed E-state index contributed by atoms with van der Waals surface area (Å²) in [7, 11) is 0. The van der Waals surface area contributed by atoms with Gasteiger partial charge in [-0.05, 0) is 19.5 Å². The van der Waals surface area contributed by atoms with Gasteiger partial charge in [-0.1, -0.05) is 13.0 Å². The van der Waals surface area contributed by atoms with Gasteiger partial charge in [0.2, 0.25) is 0 Å². The van der Waals surface area contributed by atoms with Gasteiger partial charge >= 0.3 is 5.97 Å². The van der Waals surface area contributed by atoms with Crippen molar-refractivity contribution in [3.63, 3.8) is 0 Å². The van der Waals surface area contributed by atoms with Gasteiger partial charge in [0.25, 0.3) is 0 Å². The highest BCUT2D eigenvalue weighted by Crippen LogP contribution is 2.27. The first-order chi connectivity index (χ1) is 7.89. The first-order valence-corrected chi connectivity index (χ1v) is 5.31. The van der Waals surface area contributed by atoms with E-state index in [0.717, 1.165) is 12.1 Å². The maximum atomic E-state index is 13.6. The predicted molar refractivity (Wildman–Crippen MR) is 59.6 cm³/mol. The van der Waals surface area contributed by atoms with Gasteiger partial charge in [-0.15, -0.1) is 0 Å². The summed E-state index contributed by atoms with van der Waals surface area (Å²) in [5, 5.41) is 11.8. The van der Waals surface area contributed by atoms with Gasteiger partial charge < -0.3 is 10.4 Å². The van der Waals surface area contributed by atoms with Crippen LogP contribution in [0.3, 0.4) is 0 Å². The fourth-order valence-corrected chi connectivity index (χ4v) is 1.88. The lowest BCUT2D eigenvalue weighted by atomic mass is 9.88. The number of hydrogen-bond donors (Lipinski definition) is 2. The van der Waals surface area contributed by atoms with Crippen LogP contribution in [0.2, 0.25) is 0 Å². The molecule has 0 aliphatic rings. The summed E-state index contributed by atoms with van der Waals surface area (Å²) in [6, 6.07) is 3.15. The fourth-order valence-electron chi connectivity index (χ4n) is 1.88. The van der Waals surface area contributed by atoms with Gasteiger partial charge in [0.05, 0.1) is 12.0 Å². The van der Waals surface area contributed by atoms with Gasteiger partial charge in [0.1, 0.15) is 11.6 Å². The Morgan fingerprint density at radius 2 is 2.12 bits per heavy atom. The molecular formula is C12H15F2NO2. The minimum absolute atomic E-state index is 0.156. The quantitative estimate of drug-likeness (QED) is 0.834. The molecule has 0 aliphatic carbocycles. The molecular weight excluding hydrogens is 228 g/mol. The zero-order valence-electron chi connectivity index (χ0n) is 9.76. The van der Waals surface area contributed by atoms with Crippen molar-refractivity contribution < 1.29 is 18.7 Å². The normalized spacial score (nSPS) is 14.4. The van der Waals surface area contributed by atoms with Crippen LogP contribution in [-0.4, -0.2) is 17.6 Å². The number of nitrogens with one attached hydrogen (secondary N) is 1. The summed E-state index contributed by atoms with van der Waals surface area (Å²) in [5.41, 5.74) is -0.888. The Bertz CT molecular complexity index is 423. The second-order valence-electron chi connectivity index (χ2n) is 4.06. The number of rotatable bonds is 5. The molecule has 0 aromatic heterocycles. The number of carboxylic acids is 1. The second kappa shape index (κ2) is 5.23. The van der Waals surface area contributed by atoms with E-state index in [9.17, 15) is 13.6 Å². The van der Waals surface area contributed by atoms with Crippen LogP contribution in [-0.2, 0) is 10.3 Å². The van der Waals surface area contributed by atoms with E-state index in [4.69, 9.17) is 5.11 Å². The topological polar surface area (TPSA) is 49.3 Å². The summed E-state index contributed by atoms with van der Waals surface area (Å²) in [6.45, 7) is 3.86. The van der Waals surface area contributed by atoms with Gasteiger partial charge in [-0.25, -0.2) is 8.78 Å². The van der Waals surface area contributed by atoms with Crippen LogP contribution in [0, 0.1) is 11.6 Å². The van der Waals surface area contributed by atoms with Gasteiger partial charge in [0.15, 0.2) is 0 Å². The molecule has 1 rings (SSSR count). The monoisotopic (exact) mass is 243 g/mol. The van der Waals surface area contributed by atoms with Crippen molar-refractivity contribution >= 4 is 5.97 Å². The number of halogens is 2. The molecule has 17 heavy (non-hydrogen) atoms. The Labute approximate surface area is 98.5 Å². The Balaban J connectivity index is 3.16. The maximum Gasteiger partial charge on any atom is 0.305 e. The van der Waals surface area contributed by atoms with E-state index in [-0.39, 0.29) is 12.0 Å². The molecule has 5 heteroatoms. The number of benzene rings is 1. The molecule has 2 N–H and O–H groups in total. The SMILES string of the molecule is CCNC(C)(CC(=O)O)c1ccc(F)cc1F. The third-order valence-corrected chi connectivity index (χ3v) is 2.60. The summed E-state index contributed by atoms with van der Waals surface area (Å²) >= 11 is 0. The van der Waals surface area contributed by atoms with Crippen LogP contribution in [0.15, 0.2) is 18.2 Å². The lowest BCUT2D eigenvalue weighted by Gasteiger charge is -2.30. The molecule has 0 heterocycles. The van der Waals surface area contributed by atoms with Crippen molar-refractivity contribution in [3.8, 4) is 0 Å². The number of carbonyl (C=O) groups is 1. The molecule has 0 spiro atoms. The largest absolute Gasteiger partial charge is 0.481 e. The summed E-state index contributed by atoms with van der Waals surface area (Å²) in [5.74, 6) is -2.47. The molecule has 0 radical (unpaired) electrons. The van der Waals surface area contributed by atoms with E-state index in [1.807, 2.05) is 0 Å². The maximum absolute atomic E-state index is 13.6. The predicted octanol–water partition coefficient (Wildman–Crippen LogP) is 2.26. The molecule has 1 atom stereocenters. The van der Waals surface area contributed by atoms with E-state index in [0.29, 0.717) is 6.54 Å². The van der Waals surface area contributed by atoms with Gasteiger partial charge in [0, 0.05) is 11.6 Å². The molecule has 1 unspecified atom stereocenters. The van der Waals surface area contributed by atoms with E-state index >= 15 is 0 Å². The van der Waals surface area contributed by atoms with E-state index in [1.54, 1.807) is 13.8 Å². The summed E-state index contributed by atoms with van der Waals surface area (Å²) < 4.78 is 26.5. The zero-order valence-corrected chi connectivity index (χ0v) is 9.76. The van der Waals surface area contributed by atoms with Crippen molar-refractivity contribution in [1.82, 2.24) is 5.32 Å². The van der Waals surface area contributed by atoms with E-state index in [1.165, 1.54) is 6.07 Å². The van der Waals surface area contributed by atoms with Crippen LogP contribution in [0.1, 0.15) is 25.8 Å². The molecule has 0 saturated carbocycles. The summed E-state index contributed by atoms with van der Waals surface area (Å²) in [6.07, 6.45) is -0.274. The first kappa shape index (κ1) is 13.6. The highest BCUT2D eigenvalue weighted by molar-refractivity contribution is 5.68. The Morgan fingerprint density at radius 3 is 2.59 bits per heavy atom. The van der Waals surface area contributed by atoms with Crippen LogP contribution >= 0.6 is 0 Å². The third kappa shape index (κ3) is 3.23. The summed E-state index contributed by atoms with van der Waals surface area (Å²) in [4.78, 5) is 10.8. The highest BCUT2D eigenvalue weighted by Gasteiger charge is 2.31. The fraction of sp³-hybridized carbons (Fsp3) is 0.417. The van der Waals surface area contributed by atoms with Crippen LogP contribution < -0.4 is 5.32 Å². The molecule has 0 fully saturated rings. The van der Waals surface area contributed by atoms with Crippen molar-refractivity contribution in [2.24, 2.45) is 0 Å². The standard InChI is InChI=1S/C12H15F2NO2/c1-3-15-12(2,7-11(16)17)9-5-4-8(13)6-10(9)14/h4-6,15H,3,7H2,1-2H3,(H,16,17). The number of hydrogen-bond acceptors (Lipinski definition) is 2. The highest BCUT2D eigenvalue weighted by atomic mass is 19.1. The van der Waals surface area contributed by atoms with E-state index in [2.05, 4.69) is 5.32 Å². The van der Waals surface area contributed by atoms with Gasteiger partial charge in [-0.3, -0.25) is 4.79 Å². The molecule has 1 aromatic carbocycles. The van der Waals surface area contributed by atoms with Crippen molar-refractivity contribution in [2.45, 2.75) is 25.8 Å². The zero-order chi connectivity index (χ0) is 13.1.